The first kappa shape index (κ1) is 17.0. The average Bonchev–Trinajstić information content (AvgIpc) is 3.36. The molecule has 0 radical (unpaired) electrons. The zero-order valence-corrected chi connectivity index (χ0v) is 14.9. The molecule has 2 fully saturated rings. The molecule has 138 valence electrons. The number of nitrogens with zero attached hydrogens (tertiary/aromatic N) is 3. The van der Waals surface area contributed by atoms with Gasteiger partial charge in [-0.05, 0) is 75.9 Å². The molecule has 7 heteroatoms. The van der Waals surface area contributed by atoms with Crippen LogP contribution in [0, 0.1) is 0 Å². The molecule has 2 aliphatic rings. The maximum Gasteiger partial charge on any atom is 0.277 e. The van der Waals surface area contributed by atoms with Crippen LogP contribution in [0.2, 0.25) is 0 Å². The molecule has 0 bridgehead atoms. The SMILES string of the molecule is O=C(Nc1ccc(OC2CCCC2)cc1)c1cn(C2CCNCC2)nn1. The summed E-state index contributed by atoms with van der Waals surface area (Å²) in [5.74, 6) is 0.612. The van der Waals surface area contributed by atoms with Crippen molar-refractivity contribution in [2.24, 2.45) is 0 Å². The predicted molar refractivity (Wildman–Crippen MR) is 98.4 cm³/mol. The van der Waals surface area contributed by atoms with Gasteiger partial charge in [0.2, 0.25) is 0 Å². The van der Waals surface area contributed by atoms with Gasteiger partial charge in [0.05, 0.1) is 18.3 Å². The average molecular weight is 355 g/mol. The van der Waals surface area contributed by atoms with E-state index in [9.17, 15) is 4.79 Å². The Bertz CT molecular complexity index is 731. The number of aromatic nitrogens is 3. The lowest BCUT2D eigenvalue weighted by Gasteiger charge is -2.22. The molecular weight excluding hydrogens is 330 g/mol. The second-order valence-corrected chi connectivity index (χ2v) is 7.07. The highest BCUT2D eigenvalue weighted by molar-refractivity contribution is 6.02. The minimum Gasteiger partial charge on any atom is -0.490 e. The summed E-state index contributed by atoms with van der Waals surface area (Å²) >= 11 is 0. The largest absolute Gasteiger partial charge is 0.490 e. The van der Waals surface area contributed by atoms with Gasteiger partial charge in [-0.2, -0.15) is 0 Å². The van der Waals surface area contributed by atoms with Crippen LogP contribution in [0.3, 0.4) is 0 Å². The van der Waals surface area contributed by atoms with Gasteiger partial charge in [0.25, 0.3) is 5.91 Å². The van der Waals surface area contributed by atoms with Gasteiger partial charge in [-0.15, -0.1) is 5.10 Å². The van der Waals surface area contributed by atoms with Gasteiger partial charge in [-0.3, -0.25) is 4.79 Å². The van der Waals surface area contributed by atoms with E-state index >= 15 is 0 Å². The Hall–Kier alpha value is -2.41. The number of benzene rings is 1. The summed E-state index contributed by atoms with van der Waals surface area (Å²) < 4.78 is 7.76. The predicted octanol–water partition coefficient (Wildman–Crippen LogP) is 2.78. The summed E-state index contributed by atoms with van der Waals surface area (Å²) in [6, 6.07) is 7.84. The molecule has 1 saturated carbocycles. The molecule has 1 amide bonds. The van der Waals surface area contributed by atoms with Crippen molar-refractivity contribution < 1.29 is 9.53 Å². The lowest BCUT2D eigenvalue weighted by atomic mass is 10.1. The van der Waals surface area contributed by atoms with Crippen molar-refractivity contribution in [3.05, 3.63) is 36.2 Å². The van der Waals surface area contributed by atoms with Crippen molar-refractivity contribution in [3.8, 4) is 5.75 Å². The summed E-state index contributed by atoms with van der Waals surface area (Å²) in [6.07, 6.45) is 8.84. The Morgan fingerprint density at radius 1 is 1.12 bits per heavy atom. The van der Waals surface area contributed by atoms with Crippen molar-refractivity contribution in [2.75, 3.05) is 18.4 Å². The van der Waals surface area contributed by atoms with Crippen LogP contribution in [0.4, 0.5) is 5.69 Å². The molecule has 7 nitrogen and oxygen atoms in total. The number of hydrogen-bond donors (Lipinski definition) is 2. The molecule has 0 atom stereocenters. The maximum atomic E-state index is 12.4. The van der Waals surface area contributed by atoms with Gasteiger partial charge in [-0.1, -0.05) is 5.21 Å². The molecule has 26 heavy (non-hydrogen) atoms. The third kappa shape index (κ3) is 4.04. The minimum absolute atomic E-state index is 0.241. The highest BCUT2D eigenvalue weighted by atomic mass is 16.5. The van der Waals surface area contributed by atoms with E-state index in [0.717, 1.165) is 50.2 Å². The zero-order valence-electron chi connectivity index (χ0n) is 14.9. The molecule has 1 aliphatic heterocycles. The lowest BCUT2D eigenvalue weighted by molar-refractivity contribution is 0.102. The first-order chi connectivity index (χ1) is 12.8. The van der Waals surface area contributed by atoms with Crippen molar-refractivity contribution in [1.82, 2.24) is 20.3 Å². The van der Waals surface area contributed by atoms with Crippen LogP contribution in [0.5, 0.6) is 5.75 Å². The Morgan fingerprint density at radius 3 is 2.58 bits per heavy atom. The van der Waals surface area contributed by atoms with Gasteiger partial charge < -0.3 is 15.4 Å². The van der Waals surface area contributed by atoms with E-state index in [-0.39, 0.29) is 5.91 Å². The molecule has 1 saturated heterocycles. The van der Waals surface area contributed by atoms with Crippen LogP contribution in [-0.2, 0) is 0 Å². The molecular formula is C19H25N5O2. The standard InChI is InChI=1S/C19H25N5O2/c25-19(18-13-24(23-22-18)15-9-11-20-12-10-15)21-14-5-7-17(8-6-14)26-16-3-1-2-4-16/h5-8,13,15-16,20H,1-4,9-12H2,(H,21,25). The van der Waals surface area contributed by atoms with E-state index in [1.165, 1.54) is 12.8 Å². The number of amides is 1. The van der Waals surface area contributed by atoms with Crippen molar-refractivity contribution >= 4 is 11.6 Å². The first-order valence-electron chi connectivity index (χ1n) is 9.48. The van der Waals surface area contributed by atoms with Crippen LogP contribution in [0.25, 0.3) is 0 Å². The number of nitrogens with one attached hydrogen (secondary N) is 2. The van der Waals surface area contributed by atoms with E-state index in [0.29, 0.717) is 17.8 Å². The van der Waals surface area contributed by atoms with Crippen molar-refractivity contribution in [2.45, 2.75) is 50.7 Å². The molecule has 2 heterocycles. The number of carbonyl (C=O) groups is 1. The Labute approximate surface area is 153 Å². The van der Waals surface area contributed by atoms with Gasteiger partial charge >= 0.3 is 0 Å². The number of rotatable bonds is 5. The Kier molecular flexibility index (Phi) is 5.15. The van der Waals surface area contributed by atoms with E-state index < -0.39 is 0 Å². The number of ether oxygens (including phenoxy) is 1. The second kappa shape index (κ2) is 7.86. The monoisotopic (exact) mass is 355 g/mol. The van der Waals surface area contributed by atoms with Crippen molar-refractivity contribution in [3.63, 3.8) is 0 Å². The minimum atomic E-state index is -0.241. The smallest absolute Gasteiger partial charge is 0.277 e. The molecule has 2 aromatic rings. The van der Waals surface area contributed by atoms with Crippen LogP contribution in [0.1, 0.15) is 55.1 Å². The molecule has 1 aromatic carbocycles. The fourth-order valence-corrected chi connectivity index (χ4v) is 3.64. The highest BCUT2D eigenvalue weighted by Crippen LogP contribution is 2.25. The molecule has 1 aliphatic carbocycles. The van der Waals surface area contributed by atoms with Gasteiger partial charge in [0.15, 0.2) is 5.69 Å². The normalized spacial score (nSPS) is 18.8. The summed E-state index contributed by atoms with van der Waals surface area (Å²) in [5.41, 5.74) is 1.07. The summed E-state index contributed by atoms with van der Waals surface area (Å²) in [7, 11) is 0. The third-order valence-electron chi connectivity index (χ3n) is 5.14. The van der Waals surface area contributed by atoms with E-state index in [1.807, 2.05) is 28.9 Å². The summed E-state index contributed by atoms with van der Waals surface area (Å²) in [5, 5.41) is 14.4. The molecule has 0 unspecified atom stereocenters. The van der Waals surface area contributed by atoms with Crippen LogP contribution >= 0.6 is 0 Å². The van der Waals surface area contributed by atoms with E-state index in [1.54, 1.807) is 6.20 Å². The van der Waals surface area contributed by atoms with Gasteiger partial charge in [0.1, 0.15) is 5.75 Å². The van der Waals surface area contributed by atoms with E-state index in [4.69, 9.17) is 4.74 Å². The molecule has 0 spiro atoms. The Morgan fingerprint density at radius 2 is 1.85 bits per heavy atom. The van der Waals surface area contributed by atoms with Crippen LogP contribution in [0.15, 0.2) is 30.5 Å². The summed E-state index contributed by atoms with van der Waals surface area (Å²) in [6.45, 7) is 1.95. The Balaban J connectivity index is 1.34. The van der Waals surface area contributed by atoms with Crippen molar-refractivity contribution in [1.29, 1.82) is 0 Å². The number of anilines is 1. The fraction of sp³-hybridized carbons (Fsp3) is 0.526. The molecule has 1 aromatic heterocycles. The topological polar surface area (TPSA) is 81.1 Å². The van der Waals surface area contributed by atoms with E-state index in [2.05, 4.69) is 20.9 Å². The number of piperidine rings is 1. The number of hydrogen-bond acceptors (Lipinski definition) is 5. The van der Waals surface area contributed by atoms with Crippen LogP contribution < -0.4 is 15.4 Å². The van der Waals surface area contributed by atoms with Gasteiger partial charge in [-0.25, -0.2) is 4.68 Å². The fourth-order valence-electron chi connectivity index (χ4n) is 3.64. The first-order valence-corrected chi connectivity index (χ1v) is 9.48. The molecule has 2 N–H and O–H groups in total. The van der Waals surface area contributed by atoms with Gasteiger partial charge in [0, 0.05) is 5.69 Å². The second-order valence-electron chi connectivity index (χ2n) is 7.07. The highest BCUT2D eigenvalue weighted by Gasteiger charge is 2.19. The van der Waals surface area contributed by atoms with Crippen LogP contribution in [-0.4, -0.2) is 40.1 Å². The number of carbonyl (C=O) groups excluding carboxylic acids is 1. The maximum absolute atomic E-state index is 12.4. The zero-order chi connectivity index (χ0) is 17.8. The third-order valence-corrected chi connectivity index (χ3v) is 5.14. The molecule has 4 rings (SSSR count). The lowest BCUT2D eigenvalue weighted by Crippen LogP contribution is -2.29. The summed E-state index contributed by atoms with van der Waals surface area (Å²) in [4.78, 5) is 12.4. The quantitative estimate of drug-likeness (QED) is 0.862.